The molecule has 0 radical (unpaired) electrons. The molecule has 0 aromatic heterocycles. The van der Waals surface area contributed by atoms with E-state index in [1.807, 2.05) is 30.3 Å². The van der Waals surface area contributed by atoms with Crippen molar-refractivity contribution in [1.29, 1.82) is 0 Å². The molecule has 2 aromatic rings. The standard InChI is InChI=1S/C19H23ClN2O3S/c1-13(2)11-18(14-7-5-4-6-8-14)21-19(23)16-12-15(9-10-17(16)20)22-26(3,24)25/h4-10,12-13,18,22H,11H2,1-3H3,(H,21,23)/t18-/m0/s1. The predicted octanol–water partition coefficient (Wildman–Crippen LogP) is 4.23. The lowest BCUT2D eigenvalue weighted by molar-refractivity contribution is 0.0932. The summed E-state index contributed by atoms with van der Waals surface area (Å²) in [4.78, 5) is 12.8. The van der Waals surface area contributed by atoms with Crippen LogP contribution in [0.3, 0.4) is 0 Å². The summed E-state index contributed by atoms with van der Waals surface area (Å²) < 4.78 is 25.2. The van der Waals surface area contributed by atoms with Gasteiger partial charge in [-0.2, -0.15) is 0 Å². The van der Waals surface area contributed by atoms with E-state index in [-0.39, 0.29) is 22.5 Å². The van der Waals surface area contributed by atoms with Crippen molar-refractivity contribution < 1.29 is 13.2 Å². The molecule has 2 aromatic carbocycles. The largest absolute Gasteiger partial charge is 0.345 e. The Morgan fingerprint density at radius 2 is 1.77 bits per heavy atom. The summed E-state index contributed by atoms with van der Waals surface area (Å²) in [6.07, 6.45) is 1.82. The minimum Gasteiger partial charge on any atom is -0.345 e. The Balaban J connectivity index is 2.27. The van der Waals surface area contributed by atoms with Gasteiger partial charge in [0.15, 0.2) is 0 Å². The molecule has 0 spiro atoms. The second-order valence-corrected chi connectivity index (χ2v) is 8.79. The third-order valence-electron chi connectivity index (χ3n) is 3.73. The molecule has 1 amide bonds. The Kier molecular flexibility index (Phi) is 6.67. The summed E-state index contributed by atoms with van der Waals surface area (Å²) >= 11 is 6.16. The summed E-state index contributed by atoms with van der Waals surface area (Å²) in [5.74, 6) is 0.0378. The van der Waals surface area contributed by atoms with E-state index in [9.17, 15) is 13.2 Å². The number of rotatable bonds is 7. The van der Waals surface area contributed by atoms with Gasteiger partial charge in [0.05, 0.1) is 22.9 Å². The maximum Gasteiger partial charge on any atom is 0.253 e. The molecule has 7 heteroatoms. The van der Waals surface area contributed by atoms with Crippen molar-refractivity contribution in [2.45, 2.75) is 26.3 Å². The third-order valence-corrected chi connectivity index (χ3v) is 4.66. The van der Waals surface area contributed by atoms with Gasteiger partial charge in [0.25, 0.3) is 5.91 Å². The van der Waals surface area contributed by atoms with Crippen LogP contribution >= 0.6 is 11.6 Å². The normalized spacial score (nSPS) is 12.7. The average molecular weight is 395 g/mol. The van der Waals surface area contributed by atoms with Gasteiger partial charge in [-0.1, -0.05) is 55.8 Å². The molecule has 140 valence electrons. The topological polar surface area (TPSA) is 75.3 Å². The fourth-order valence-electron chi connectivity index (χ4n) is 2.65. The SMILES string of the molecule is CC(C)C[C@H](NC(=O)c1cc(NS(C)(=O)=O)ccc1Cl)c1ccccc1. The van der Waals surface area contributed by atoms with Crippen molar-refractivity contribution in [3.8, 4) is 0 Å². The first kappa shape index (κ1) is 20.3. The zero-order valence-electron chi connectivity index (χ0n) is 15.0. The number of benzene rings is 2. The number of anilines is 1. The lowest BCUT2D eigenvalue weighted by Crippen LogP contribution is -2.29. The van der Waals surface area contributed by atoms with E-state index in [2.05, 4.69) is 23.9 Å². The van der Waals surface area contributed by atoms with Gasteiger partial charge >= 0.3 is 0 Å². The van der Waals surface area contributed by atoms with Crippen LogP contribution in [0.1, 0.15) is 42.2 Å². The molecule has 2 rings (SSSR count). The molecule has 1 atom stereocenters. The van der Waals surface area contributed by atoms with E-state index in [1.54, 1.807) is 0 Å². The summed E-state index contributed by atoms with van der Waals surface area (Å²) in [5.41, 5.74) is 1.53. The van der Waals surface area contributed by atoms with Crippen LogP contribution in [0.4, 0.5) is 5.69 Å². The second-order valence-electron chi connectivity index (χ2n) is 6.64. The molecule has 0 fully saturated rings. The highest BCUT2D eigenvalue weighted by Gasteiger charge is 2.19. The maximum atomic E-state index is 12.8. The van der Waals surface area contributed by atoms with E-state index >= 15 is 0 Å². The zero-order valence-corrected chi connectivity index (χ0v) is 16.6. The Hall–Kier alpha value is -2.05. The Bertz CT molecular complexity index is 868. The summed E-state index contributed by atoms with van der Waals surface area (Å²) in [7, 11) is -3.44. The molecular weight excluding hydrogens is 372 g/mol. The van der Waals surface area contributed by atoms with Crippen molar-refractivity contribution in [3.63, 3.8) is 0 Å². The number of sulfonamides is 1. The van der Waals surface area contributed by atoms with Gasteiger partial charge in [-0.3, -0.25) is 9.52 Å². The molecule has 0 unspecified atom stereocenters. The minimum absolute atomic E-state index is 0.161. The van der Waals surface area contributed by atoms with Crippen LogP contribution in [0.15, 0.2) is 48.5 Å². The smallest absolute Gasteiger partial charge is 0.253 e. The molecule has 26 heavy (non-hydrogen) atoms. The first-order valence-electron chi connectivity index (χ1n) is 8.29. The summed E-state index contributed by atoms with van der Waals surface area (Å²) in [5, 5.41) is 3.27. The fourth-order valence-corrected chi connectivity index (χ4v) is 3.41. The van der Waals surface area contributed by atoms with Crippen LogP contribution in [-0.2, 0) is 10.0 Å². The van der Waals surface area contributed by atoms with Gasteiger partial charge in [0.2, 0.25) is 10.0 Å². The van der Waals surface area contributed by atoms with Gasteiger partial charge in [-0.15, -0.1) is 0 Å². The number of halogens is 1. The second kappa shape index (κ2) is 8.56. The van der Waals surface area contributed by atoms with Crippen LogP contribution in [-0.4, -0.2) is 20.6 Å². The number of carbonyl (C=O) groups excluding carboxylic acids is 1. The van der Waals surface area contributed by atoms with Gasteiger partial charge in [-0.25, -0.2) is 8.42 Å². The quantitative estimate of drug-likeness (QED) is 0.737. The highest BCUT2D eigenvalue weighted by Crippen LogP contribution is 2.25. The number of hydrogen-bond donors (Lipinski definition) is 2. The molecule has 2 N–H and O–H groups in total. The third kappa shape index (κ3) is 6.04. The number of nitrogens with one attached hydrogen (secondary N) is 2. The van der Waals surface area contributed by atoms with Gasteiger partial charge in [0, 0.05) is 5.69 Å². The Morgan fingerprint density at radius 1 is 1.12 bits per heavy atom. The average Bonchev–Trinajstić information content (AvgIpc) is 2.55. The molecule has 0 aliphatic rings. The molecule has 0 saturated carbocycles. The molecule has 0 bridgehead atoms. The maximum absolute atomic E-state index is 12.8. The van der Waals surface area contributed by atoms with E-state index in [0.29, 0.717) is 11.6 Å². The summed E-state index contributed by atoms with van der Waals surface area (Å²) in [6.45, 7) is 4.18. The monoisotopic (exact) mass is 394 g/mol. The molecule has 0 aliphatic heterocycles. The fraction of sp³-hybridized carbons (Fsp3) is 0.316. The van der Waals surface area contributed by atoms with Gasteiger partial charge < -0.3 is 5.32 Å². The van der Waals surface area contributed by atoms with Crippen molar-refractivity contribution in [1.82, 2.24) is 5.32 Å². The van der Waals surface area contributed by atoms with E-state index < -0.39 is 10.0 Å². The molecule has 0 saturated heterocycles. The van der Waals surface area contributed by atoms with E-state index in [0.717, 1.165) is 18.2 Å². The lowest BCUT2D eigenvalue weighted by atomic mass is 9.96. The van der Waals surface area contributed by atoms with Crippen molar-refractivity contribution >= 4 is 33.2 Å². The van der Waals surface area contributed by atoms with Crippen LogP contribution < -0.4 is 10.0 Å². The minimum atomic E-state index is -3.44. The van der Waals surface area contributed by atoms with Crippen LogP contribution in [0, 0.1) is 5.92 Å². The molecule has 5 nitrogen and oxygen atoms in total. The van der Waals surface area contributed by atoms with Gasteiger partial charge in [-0.05, 0) is 36.1 Å². The number of amides is 1. The highest BCUT2D eigenvalue weighted by molar-refractivity contribution is 7.92. The van der Waals surface area contributed by atoms with E-state index in [1.165, 1.54) is 18.2 Å². The first-order valence-corrected chi connectivity index (χ1v) is 10.6. The van der Waals surface area contributed by atoms with E-state index in [4.69, 9.17) is 11.6 Å². The molecular formula is C19H23ClN2O3S. The number of carbonyl (C=O) groups is 1. The highest BCUT2D eigenvalue weighted by atomic mass is 35.5. The van der Waals surface area contributed by atoms with Crippen molar-refractivity contribution in [2.24, 2.45) is 5.92 Å². The summed E-state index contributed by atoms with van der Waals surface area (Å²) in [6, 6.07) is 14.0. The van der Waals surface area contributed by atoms with Crippen molar-refractivity contribution in [2.75, 3.05) is 11.0 Å². The molecule has 0 heterocycles. The van der Waals surface area contributed by atoms with Gasteiger partial charge in [0.1, 0.15) is 0 Å². The predicted molar refractivity (Wildman–Crippen MR) is 106 cm³/mol. The van der Waals surface area contributed by atoms with Crippen molar-refractivity contribution in [3.05, 3.63) is 64.7 Å². The van der Waals surface area contributed by atoms with Crippen LogP contribution in [0.25, 0.3) is 0 Å². The first-order chi connectivity index (χ1) is 12.2. The Labute approximate surface area is 159 Å². The zero-order chi connectivity index (χ0) is 19.3. The molecule has 0 aliphatic carbocycles. The Morgan fingerprint density at radius 3 is 2.35 bits per heavy atom. The van der Waals surface area contributed by atoms with Crippen LogP contribution in [0.2, 0.25) is 5.02 Å². The number of hydrogen-bond acceptors (Lipinski definition) is 3. The van der Waals surface area contributed by atoms with Crippen LogP contribution in [0.5, 0.6) is 0 Å². The lowest BCUT2D eigenvalue weighted by Gasteiger charge is -2.21.